The molecule has 1 unspecified atom stereocenters. The molecule has 5 nitrogen and oxygen atoms in total. The molecule has 0 saturated heterocycles. The van der Waals surface area contributed by atoms with E-state index in [0.29, 0.717) is 11.3 Å². The van der Waals surface area contributed by atoms with E-state index in [0.717, 1.165) is 5.69 Å². The molecule has 0 radical (unpaired) electrons. The maximum Gasteiger partial charge on any atom is 0.165 e. The van der Waals surface area contributed by atoms with Crippen LogP contribution in [0.4, 0.5) is 4.39 Å². The Hall–Kier alpha value is -2.86. The Morgan fingerprint density at radius 3 is 2.62 bits per heavy atom. The predicted octanol–water partition coefficient (Wildman–Crippen LogP) is 3.13. The molecule has 3 rings (SSSR count). The maximum absolute atomic E-state index is 13.7. The number of methoxy groups -OCH3 is 1. The van der Waals surface area contributed by atoms with Crippen molar-refractivity contribution in [1.82, 2.24) is 9.78 Å². The second-order valence-electron chi connectivity index (χ2n) is 5.17. The van der Waals surface area contributed by atoms with Crippen LogP contribution in [0.5, 0.6) is 11.5 Å². The summed E-state index contributed by atoms with van der Waals surface area (Å²) in [6.07, 6.45) is 2.61. The molecular weight excluding hydrogens is 311 g/mol. The molecule has 6 heteroatoms. The molecule has 1 N–H and O–H groups in total. The second kappa shape index (κ2) is 7.14. The number of aliphatic hydroxyl groups excluding tert-OH is 1. The van der Waals surface area contributed by atoms with Crippen LogP contribution in [0.2, 0.25) is 0 Å². The zero-order chi connectivity index (χ0) is 16.9. The Morgan fingerprint density at radius 2 is 2.00 bits per heavy atom. The molecule has 124 valence electrons. The lowest BCUT2D eigenvalue weighted by Gasteiger charge is -2.14. The summed E-state index contributed by atoms with van der Waals surface area (Å²) in [5.41, 5.74) is 1.34. The van der Waals surface area contributed by atoms with Crippen LogP contribution in [0, 0.1) is 5.82 Å². The first-order valence-corrected chi connectivity index (χ1v) is 7.42. The molecule has 0 aliphatic rings. The van der Waals surface area contributed by atoms with Gasteiger partial charge < -0.3 is 14.6 Å². The van der Waals surface area contributed by atoms with Gasteiger partial charge in [0.05, 0.1) is 12.8 Å². The quantitative estimate of drug-likeness (QED) is 0.755. The first-order valence-electron chi connectivity index (χ1n) is 7.42. The van der Waals surface area contributed by atoms with Crippen LogP contribution in [0.25, 0.3) is 5.69 Å². The van der Waals surface area contributed by atoms with E-state index in [2.05, 4.69) is 5.10 Å². The highest BCUT2D eigenvalue weighted by atomic mass is 19.1. The minimum Gasteiger partial charge on any atom is -0.494 e. The summed E-state index contributed by atoms with van der Waals surface area (Å²) in [4.78, 5) is 0. The second-order valence-corrected chi connectivity index (χ2v) is 5.17. The smallest absolute Gasteiger partial charge is 0.165 e. The normalized spacial score (nSPS) is 12.0. The number of halogens is 1. The van der Waals surface area contributed by atoms with Gasteiger partial charge in [-0.3, -0.25) is 0 Å². The fourth-order valence-electron chi connectivity index (χ4n) is 2.28. The Morgan fingerprint density at radius 1 is 1.21 bits per heavy atom. The summed E-state index contributed by atoms with van der Waals surface area (Å²) in [6, 6.07) is 13.5. The van der Waals surface area contributed by atoms with Crippen LogP contribution in [0.3, 0.4) is 0 Å². The third-order valence-corrected chi connectivity index (χ3v) is 3.57. The van der Waals surface area contributed by atoms with Gasteiger partial charge in [0.2, 0.25) is 0 Å². The van der Waals surface area contributed by atoms with E-state index in [9.17, 15) is 9.50 Å². The largest absolute Gasteiger partial charge is 0.494 e. The van der Waals surface area contributed by atoms with Crippen molar-refractivity contribution in [2.75, 3.05) is 13.7 Å². The van der Waals surface area contributed by atoms with Crippen LogP contribution in [-0.2, 0) is 0 Å². The monoisotopic (exact) mass is 328 g/mol. The molecule has 1 aromatic heterocycles. The van der Waals surface area contributed by atoms with Gasteiger partial charge in [0.1, 0.15) is 18.5 Å². The highest BCUT2D eigenvalue weighted by Gasteiger charge is 2.12. The van der Waals surface area contributed by atoms with Crippen molar-refractivity contribution in [3.05, 3.63) is 72.3 Å². The molecule has 0 aliphatic carbocycles. The van der Waals surface area contributed by atoms with E-state index in [1.54, 1.807) is 29.1 Å². The third kappa shape index (κ3) is 3.55. The molecule has 2 aromatic carbocycles. The molecule has 0 bridgehead atoms. The Bertz CT molecular complexity index is 789. The van der Waals surface area contributed by atoms with Gasteiger partial charge in [-0.1, -0.05) is 6.07 Å². The van der Waals surface area contributed by atoms with Gasteiger partial charge in [-0.25, -0.2) is 9.07 Å². The summed E-state index contributed by atoms with van der Waals surface area (Å²) < 4.78 is 25.8. The first-order chi connectivity index (χ1) is 11.7. The van der Waals surface area contributed by atoms with Gasteiger partial charge in [-0.15, -0.1) is 0 Å². The van der Waals surface area contributed by atoms with Gasteiger partial charge >= 0.3 is 0 Å². The standard InChI is InChI=1S/C18H17FN2O3/c1-23-18-8-3-13(11-16(18)19)17(22)12-24-15-6-4-14(5-7-15)21-10-2-9-20-21/h2-11,17,22H,12H2,1H3. The minimum absolute atomic E-state index is 0.0207. The number of hydrogen-bond donors (Lipinski definition) is 1. The van der Waals surface area contributed by atoms with Gasteiger partial charge in [0.25, 0.3) is 0 Å². The van der Waals surface area contributed by atoms with Gasteiger partial charge in [-0.2, -0.15) is 5.10 Å². The molecule has 0 spiro atoms. The van der Waals surface area contributed by atoms with E-state index in [-0.39, 0.29) is 12.4 Å². The van der Waals surface area contributed by atoms with Crippen molar-refractivity contribution in [3.63, 3.8) is 0 Å². The lowest BCUT2D eigenvalue weighted by atomic mass is 10.1. The van der Waals surface area contributed by atoms with Gasteiger partial charge in [0.15, 0.2) is 11.6 Å². The molecule has 1 heterocycles. The third-order valence-electron chi connectivity index (χ3n) is 3.57. The number of aliphatic hydroxyl groups is 1. The summed E-state index contributed by atoms with van der Waals surface area (Å²) in [5.74, 6) is 0.234. The molecule has 3 aromatic rings. The average molecular weight is 328 g/mol. The number of rotatable bonds is 6. The highest BCUT2D eigenvalue weighted by Crippen LogP contribution is 2.23. The van der Waals surface area contributed by atoms with E-state index < -0.39 is 11.9 Å². The predicted molar refractivity (Wildman–Crippen MR) is 87.0 cm³/mol. The molecule has 0 aliphatic heterocycles. The van der Waals surface area contributed by atoms with Crippen molar-refractivity contribution in [1.29, 1.82) is 0 Å². The van der Waals surface area contributed by atoms with Crippen molar-refractivity contribution < 1.29 is 19.0 Å². The first kappa shape index (κ1) is 16.0. The SMILES string of the molecule is COc1ccc(C(O)COc2ccc(-n3cccn3)cc2)cc1F. The van der Waals surface area contributed by atoms with Gasteiger partial charge in [0, 0.05) is 12.4 Å². The van der Waals surface area contributed by atoms with Crippen LogP contribution in [0.15, 0.2) is 60.9 Å². The van der Waals surface area contributed by atoms with Gasteiger partial charge in [-0.05, 0) is 48.0 Å². The van der Waals surface area contributed by atoms with E-state index in [1.165, 1.54) is 19.2 Å². The van der Waals surface area contributed by atoms with Crippen LogP contribution < -0.4 is 9.47 Å². The Labute approximate surface area is 138 Å². The fraction of sp³-hybridized carbons (Fsp3) is 0.167. The van der Waals surface area contributed by atoms with Crippen molar-refractivity contribution >= 4 is 0 Å². The highest BCUT2D eigenvalue weighted by molar-refractivity contribution is 5.36. The summed E-state index contributed by atoms with van der Waals surface area (Å²) in [7, 11) is 1.39. The lowest BCUT2D eigenvalue weighted by Crippen LogP contribution is -2.10. The zero-order valence-electron chi connectivity index (χ0n) is 13.1. The summed E-state index contributed by atoms with van der Waals surface area (Å²) in [5, 5.41) is 14.3. The molecule has 0 amide bonds. The number of ether oxygens (including phenoxy) is 2. The Balaban J connectivity index is 1.61. The Kier molecular flexibility index (Phi) is 4.77. The number of hydrogen-bond acceptors (Lipinski definition) is 4. The van der Waals surface area contributed by atoms with Crippen molar-refractivity contribution in [3.8, 4) is 17.2 Å². The van der Waals surface area contributed by atoms with Crippen molar-refractivity contribution in [2.45, 2.75) is 6.10 Å². The van der Waals surface area contributed by atoms with E-state index >= 15 is 0 Å². The topological polar surface area (TPSA) is 56.5 Å². The van der Waals surface area contributed by atoms with Crippen LogP contribution in [0.1, 0.15) is 11.7 Å². The lowest BCUT2D eigenvalue weighted by molar-refractivity contribution is 0.108. The molecule has 24 heavy (non-hydrogen) atoms. The molecule has 0 saturated carbocycles. The average Bonchev–Trinajstić information content (AvgIpc) is 3.14. The maximum atomic E-state index is 13.7. The molecule has 0 fully saturated rings. The van der Waals surface area contributed by atoms with Crippen LogP contribution in [-0.4, -0.2) is 28.6 Å². The number of benzene rings is 2. The number of nitrogens with zero attached hydrogens (tertiary/aromatic N) is 2. The van der Waals surface area contributed by atoms with Crippen molar-refractivity contribution in [2.24, 2.45) is 0 Å². The van der Waals surface area contributed by atoms with E-state index in [4.69, 9.17) is 9.47 Å². The zero-order valence-corrected chi connectivity index (χ0v) is 13.1. The molecular formula is C18H17FN2O3. The van der Waals surface area contributed by atoms with E-state index in [1.807, 2.05) is 24.4 Å². The summed E-state index contributed by atoms with van der Waals surface area (Å²) in [6.45, 7) is 0.0207. The van der Waals surface area contributed by atoms with Crippen LogP contribution >= 0.6 is 0 Å². The summed E-state index contributed by atoms with van der Waals surface area (Å²) >= 11 is 0. The molecule has 1 atom stereocenters. The minimum atomic E-state index is -0.934. The number of aromatic nitrogens is 2. The fourth-order valence-corrected chi connectivity index (χ4v) is 2.28.